The number of fused-ring (bicyclic) bond motifs is 3. The maximum absolute atomic E-state index is 2.45. The Morgan fingerprint density at radius 3 is 2.23 bits per heavy atom. The van der Waals surface area contributed by atoms with E-state index in [1.54, 1.807) is 9.80 Å². The first-order valence-electron chi connectivity index (χ1n) is 12.0. The molecule has 4 aromatic rings. The minimum absolute atomic E-state index is 1.02. The largest absolute Gasteiger partial charge is 0.341 e. The number of aromatic nitrogens is 1. The molecule has 1 saturated heterocycles. The molecule has 31 heavy (non-hydrogen) atoms. The lowest BCUT2D eigenvalue weighted by molar-refractivity contribution is -1.02. The predicted molar refractivity (Wildman–Crippen MR) is 130 cm³/mol. The highest BCUT2D eigenvalue weighted by Crippen LogP contribution is 2.29. The van der Waals surface area contributed by atoms with Crippen LogP contribution >= 0.6 is 0 Å². The molecular weight excluding hydrogens is 378 g/mol. The highest BCUT2D eigenvalue weighted by Gasteiger charge is 2.23. The minimum Gasteiger partial charge on any atom is -0.341 e. The molecule has 0 aliphatic carbocycles. The van der Waals surface area contributed by atoms with Crippen molar-refractivity contribution in [2.45, 2.75) is 32.9 Å². The molecule has 0 unspecified atom stereocenters. The van der Waals surface area contributed by atoms with Gasteiger partial charge >= 0.3 is 0 Å². The summed E-state index contributed by atoms with van der Waals surface area (Å²) in [6, 6.07) is 26.9. The number of benzene rings is 3. The van der Waals surface area contributed by atoms with Crippen LogP contribution in [0.3, 0.4) is 0 Å². The molecule has 1 aliphatic rings. The van der Waals surface area contributed by atoms with Crippen molar-refractivity contribution in [1.29, 1.82) is 0 Å². The monoisotopic (exact) mass is 413 g/mol. The molecule has 3 heteroatoms. The Hall–Kier alpha value is -2.62. The molecule has 1 aliphatic heterocycles. The van der Waals surface area contributed by atoms with Crippen molar-refractivity contribution in [2.24, 2.45) is 0 Å². The number of rotatable bonds is 7. The summed E-state index contributed by atoms with van der Waals surface area (Å²) < 4.78 is 2.44. The number of aryl methyl sites for hydroxylation is 2. The molecule has 0 atom stereocenters. The third kappa shape index (κ3) is 4.39. The molecule has 3 nitrogen and oxygen atoms in total. The van der Waals surface area contributed by atoms with E-state index in [-0.39, 0.29) is 0 Å². The topological polar surface area (TPSA) is 13.8 Å². The Morgan fingerprint density at radius 1 is 0.710 bits per heavy atom. The molecule has 5 rings (SSSR count). The van der Waals surface area contributed by atoms with Crippen molar-refractivity contribution in [3.05, 3.63) is 83.9 Å². The highest BCUT2D eigenvalue weighted by molar-refractivity contribution is 6.08. The molecular formula is C28H35N3+2. The molecule has 1 fully saturated rings. The van der Waals surface area contributed by atoms with Crippen LogP contribution in [0, 0.1) is 0 Å². The normalized spacial score (nSPS) is 19.3. The van der Waals surface area contributed by atoms with Crippen LogP contribution in [0.4, 0.5) is 0 Å². The van der Waals surface area contributed by atoms with E-state index in [1.165, 1.54) is 78.5 Å². The highest BCUT2D eigenvalue weighted by atomic mass is 15.3. The zero-order valence-corrected chi connectivity index (χ0v) is 18.7. The number of para-hydroxylation sites is 1. The van der Waals surface area contributed by atoms with E-state index in [0.717, 1.165) is 13.1 Å². The van der Waals surface area contributed by atoms with Gasteiger partial charge in [-0.25, -0.2) is 0 Å². The summed E-state index contributed by atoms with van der Waals surface area (Å²) in [6.45, 7) is 10.9. The second-order valence-electron chi connectivity index (χ2n) is 9.13. The van der Waals surface area contributed by atoms with Gasteiger partial charge < -0.3 is 14.4 Å². The van der Waals surface area contributed by atoms with E-state index in [9.17, 15) is 0 Å². The van der Waals surface area contributed by atoms with E-state index in [4.69, 9.17) is 0 Å². The van der Waals surface area contributed by atoms with E-state index in [1.807, 2.05) is 0 Å². The third-order valence-electron chi connectivity index (χ3n) is 7.11. The molecule has 0 radical (unpaired) electrons. The molecule has 0 amide bonds. The molecule has 0 saturated carbocycles. The summed E-state index contributed by atoms with van der Waals surface area (Å²) in [7, 11) is 0. The minimum atomic E-state index is 1.02. The second kappa shape index (κ2) is 9.25. The van der Waals surface area contributed by atoms with Gasteiger partial charge in [0.1, 0.15) is 32.7 Å². The fourth-order valence-electron chi connectivity index (χ4n) is 5.41. The van der Waals surface area contributed by atoms with Crippen LogP contribution in [0.2, 0.25) is 0 Å². The molecule has 3 aromatic carbocycles. The van der Waals surface area contributed by atoms with Crippen LogP contribution in [0.5, 0.6) is 0 Å². The van der Waals surface area contributed by atoms with Gasteiger partial charge in [-0.2, -0.15) is 0 Å². The fourth-order valence-corrected chi connectivity index (χ4v) is 5.41. The zero-order valence-electron chi connectivity index (χ0n) is 18.7. The summed E-state index contributed by atoms with van der Waals surface area (Å²) in [5.74, 6) is 0. The maximum atomic E-state index is 2.45. The zero-order chi connectivity index (χ0) is 21.0. The Morgan fingerprint density at radius 2 is 1.42 bits per heavy atom. The molecule has 0 bridgehead atoms. The third-order valence-corrected chi connectivity index (χ3v) is 7.11. The van der Waals surface area contributed by atoms with Crippen molar-refractivity contribution in [2.75, 3.05) is 32.7 Å². The van der Waals surface area contributed by atoms with Crippen molar-refractivity contribution in [3.8, 4) is 0 Å². The van der Waals surface area contributed by atoms with Gasteiger partial charge in [0.05, 0.1) is 6.54 Å². The van der Waals surface area contributed by atoms with Gasteiger partial charge in [0.15, 0.2) is 0 Å². The van der Waals surface area contributed by atoms with Crippen molar-refractivity contribution < 1.29 is 9.80 Å². The summed E-state index contributed by atoms with van der Waals surface area (Å²) in [5.41, 5.74) is 5.69. The summed E-state index contributed by atoms with van der Waals surface area (Å²) in [6.07, 6.45) is 2.51. The standard InChI is InChI=1S/C28H33N3/c1-2-31-27-13-7-6-12-25(27)26-21-24(14-15-28(26)31)22-30-19-17-29(18-20-30)16-8-11-23-9-4-3-5-10-23/h3-7,9-10,12-15,21H,2,8,11,16-20,22H2,1H3/p+2. The number of hydrogen-bond donors (Lipinski definition) is 2. The number of hydrogen-bond acceptors (Lipinski definition) is 0. The van der Waals surface area contributed by atoms with E-state index < -0.39 is 0 Å². The molecule has 2 heterocycles. The van der Waals surface area contributed by atoms with Crippen LogP contribution in [0.15, 0.2) is 72.8 Å². The maximum Gasteiger partial charge on any atom is 0.127 e. The lowest BCUT2D eigenvalue weighted by Crippen LogP contribution is -3.27. The van der Waals surface area contributed by atoms with Crippen LogP contribution < -0.4 is 9.80 Å². The van der Waals surface area contributed by atoms with E-state index >= 15 is 0 Å². The van der Waals surface area contributed by atoms with Gasteiger partial charge in [-0.05, 0) is 37.1 Å². The summed E-state index contributed by atoms with van der Waals surface area (Å²) in [4.78, 5) is 3.53. The van der Waals surface area contributed by atoms with E-state index in [0.29, 0.717) is 0 Å². The van der Waals surface area contributed by atoms with Gasteiger partial charge in [0, 0.05) is 40.3 Å². The van der Waals surface area contributed by atoms with Gasteiger partial charge in [-0.15, -0.1) is 0 Å². The smallest absolute Gasteiger partial charge is 0.127 e. The number of piperazine rings is 1. The summed E-state index contributed by atoms with van der Waals surface area (Å²) >= 11 is 0. The molecule has 2 N–H and O–H groups in total. The SMILES string of the molecule is CCn1c2ccccc2c2cc(C[NH+]3CC[NH+](CCCc4ccccc4)CC3)ccc21. The van der Waals surface area contributed by atoms with Crippen molar-refractivity contribution >= 4 is 21.8 Å². The van der Waals surface area contributed by atoms with Crippen LogP contribution in [-0.2, 0) is 19.5 Å². The lowest BCUT2D eigenvalue weighted by atomic mass is 10.1. The van der Waals surface area contributed by atoms with Crippen LogP contribution in [0.1, 0.15) is 24.5 Å². The lowest BCUT2D eigenvalue weighted by Gasteiger charge is -2.29. The molecule has 1 aromatic heterocycles. The summed E-state index contributed by atoms with van der Waals surface area (Å²) in [5, 5.41) is 2.81. The molecule has 0 spiro atoms. The Labute approximate surface area is 185 Å². The molecule has 160 valence electrons. The van der Waals surface area contributed by atoms with Crippen molar-refractivity contribution in [3.63, 3.8) is 0 Å². The first-order chi connectivity index (χ1) is 15.3. The van der Waals surface area contributed by atoms with Gasteiger partial charge in [-0.3, -0.25) is 0 Å². The first kappa shape index (κ1) is 20.3. The van der Waals surface area contributed by atoms with Crippen LogP contribution in [0.25, 0.3) is 21.8 Å². The number of nitrogens with zero attached hydrogens (tertiary/aromatic N) is 1. The quantitative estimate of drug-likeness (QED) is 0.463. The average molecular weight is 414 g/mol. The second-order valence-corrected chi connectivity index (χ2v) is 9.13. The first-order valence-corrected chi connectivity index (χ1v) is 12.0. The van der Waals surface area contributed by atoms with Gasteiger partial charge in [0.25, 0.3) is 0 Å². The number of nitrogens with one attached hydrogen (secondary N) is 2. The number of quaternary nitrogens is 2. The Bertz CT molecular complexity index is 1140. The fraction of sp³-hybridized carbons (Fsp3) is 0.357. The van der Waals surface area contributed by atoms with Gasteiger partial charge in [-0.1, -0.05) is 54.6 Å². The van der Waals surface area contributed by atoms with Crippen LogP contribution in [-0.4, -0.2) is 37.3 Å². The Kier molecular flexibility index (Phi) is 6.06. The van der Waals surface area contributed by atoms with Gasteiger partial charge in [0.2, 0.25) is 0 Å². The predicted octanol–water partition coefficient (Wildman–Crippen LogP) is 2.73. The van der Waals surface area contributed by atoms with E-state index in [2.05, 4.69) is 84.3 Å². The van der Waals surface area contributed by atoms with Crippen molar-refractivity contribution in [1.82, 2.24) is 4.57 Å². The average Bonchev–Trinajstić information content (AvgIpc) is 3.14. The Balaban J connectivity index is 1.19.